The molecule has 340 valence electrons. The molecule has 12 rings (SSSR count). The molecular formula is C62H50N4OPtSi-2. The van der Waals surface area contributed by atoms with Crippen LogP contribution in [0.1, 0.15) is 46.0 Å². The number of pyridine rings is 1. The fourth-order valence-electron chi connectivity index (χ4n) is 10.4. The Morgan fingerprint density at radius 3 is 2.14 bits per heavy atom. The van der Waals surface area contributed by atoms with E-state index in [4.69, 9.17) is 13.8 Å². The van der Waals surface area contributed by atoms with E-state index in [0.717, 1.165) is 49.8 Å². The second-order valence-corrected chi connectivity index (χ2v) is 23.1. The van der Waals surface area contributed by atoms with Crippen LogP contribution >= 0.6 is 0 Å². The van der Waals surface area contributed by atoms with E-state index in [1.807, 2.05) is 88.1 Å². The summed E-state index contributed by atoms with van der Waals surface area (Å²) in [6.45, 7) is 6.61. The Morgan fingerprint density at radius 2 is 1.33 bits per heavy atom. The summed E-state index contributed by atoms with van der Waals surface area (Å²) in [5.41, 5.74) is 8.32. The molecule has 0 aliphatic carbocycles. The molecule has 0 unspecified atom stereocenters. The van der Waals surface area contributed by atoms with E-state index in [0.29, 0.717) is 28.4 Å². The molecule has 0 atom stereocenters. The molecule has 0 N–H and O–H groups in total. The van der Waals surface area contributed by atoms with E-state index < -0.39 is 26.2 Å². The zero-order valence-electron chi connectivity index (χ0n) is 43.5. The van der Waals surface area contributed by atoms with Crippen molar-refractivity contribution < 1.29 is 37.2 Å². The van der Waals surface area contributed by atoms with Crippen LogP contribution in [0.3, 0.4) is 0 Å². The zero-order chi connectivity index (χ0) is 50.2. The van der Waals surface area contributed by atoms with Gasteiger partial charge in [0.05, 0.1) is 23.6 Å². The van der Waals surface area contributed by atoms with Gasteiger partial charge in [-0.2, -0.15) is 18.2 Å². The normalized spacial score (nSPS) is 14.5. The summed E-state index contributed by atoms with van der Waals surface area (Å²) in [5.74, 6) is 1.80. The number of aromatic nitrogens is 4. The van der Waals surface area contributed by atoms with Gasteiger partial charge in [0.2, 0.25) is 0 Å². The van der Waals surface area contributed by atoms with Crippen molar-refractivity contribution in [1.82, 2.24) is 14.1 Å². The molecule has 4 heterocycles. The van der Waals surface area contributed by atoms with Gasteiger partial charge in [-0.15, -0.1) is 29.7 Å². The third kappa shape index (κ3) is 7.96. The second-order valence-electron chi connectivity index (χ2n) is 18.8. The summed E-state index contributed by atoms with van der Waals surface area (Å²) in [7, 11) is -2.10. The van der Waals surface area contributed by atoms with Crippen molar-refractivity contribution in [2.45, 2.75) is 51.1 Å². The van der Waals surface area contributed by atoms with Crippen LogP contribution in [0.4, 0.5) is 0 Å². The molecule has 1 aliphatic heterocycles. The van der Waals surface area contributed by atoms with Crippen molar-refractivity contribution in [3.8, 4) is 50.9 Å². The molecule has 1 saturated heterocycles. The number of nitrogens with zero attached hydrogens (tertiary/aromatic N) is 4. The summed E-state index contributed by atoms with van der Waals surface area (Å²) in [6, 6.07) is 63.8. The Morgan fingerprint density at radius 1 is 0.638 bits per heavy atom. The Labute approximate surface area is 426 Å². The van der Waals surface area contributed by atoms with Gasteiger partial charge >= 0.3 is 0 Å². The number of hydrogen-bond acceptors (Lipinski definition) is 2. The SMILES string of the molecule is [2H]c1c([2H])c([2H])c(-c2cccc(-c3cccc([Si]4(c5ccccc5)CCCC4)c3)c2-[n+]2[c-]n(-c3[c-]c(Oc4[c-]c5c(cc4)c4ccccc4n5-c4cc(C(C)(C)C)ccn4)ccc3)c3ccccc32)c([2H])c1[2H].[Pt]. The predicted molar refractivity (Wildman–Crippen MR) is 280 cm³/mol. The largest absolute Gasteiger partial charge is 0.510 e. The molecule has 3 aromatic heterocycles. The molecule has 1 aliphatic rings. The average molecular weight is 1100 g/mol. The van der Waals surface area contributed by atoms with Gasteiger partial charge in [-0.1, -0.05) is 195 Å². The first kappa shape index (κ1) is 38.8. The molecule has 0 amide bonds. The maximum absolute atomic E-state index is 9.24. The molecule has 69 heavy (non-hydrogen) atoms. The number of hydrogen-bond donors (Lipinski definition) is 0. The smallest absolute Gasteiger partial charge is 0.268 e. The number of rotatable bonds is 9. The third-order valence-corrected chi connectivity index (χ3v) is 19.0. The van der Waals surface area contributed by atoms with Crippen LogP contribution in [-0.4, -0.2) is 22.2 Å². The maximum Gasteiger partial charge on any atom is 0.268 e. The molecular weight excluding hydrogens is 1040 g/mol. The number of benzene rings is 8. The first-order chi connectivity index (χ1) is 35.4. The first-order valence-electron chi connectivity index (χ1n) is 25.8. The van der Waals surface area contributed by atoms with Crippen LogP contribution < -0.4 is 19.7 Å². The molecule has 0 spiro atoms. The van der Waals surface area contributed by atoms with Gasteiger partial charge in [-0.05, 0) is 74.6 Å². The van der Waals surface area contributed by atoms with Crippen LogP contribution in [-0.2, 0) is 26.5 Å². The van der Waals surface area contributed by atoms with Crippen LogP contribution in [0.25, 0.3) is 72.3 Å². The Balaban J connectivity index is 0.00000588. The van der Waals surface area contributed by atoms with Gasteiger partial charge in [0.1, 0.15) is 13.9 Å². The van der Waals surface area contributed by atoms with Crippen molar-refractivity contribution in [2.24, 2.45) is 0 Å². The van der Waals surface area contributed by atoms with E-state index in [1.54, 1.807) is 0 Å². The molecule has 7 heteroatoms. The minimum absolute atomic E-state index is 0. The van der Waals surface area contributed by atoms with E-state index in [-0.39, 0.29) is 44.1 Å². The van der Waals surface area contributed by atoms with E-state index in [9.17, 15) is 2.74 Å². The second kappa shape index (κ2) is 18.1. The number of para-hydroxylation sites is 4. The zero-order valence-corrected chi connectivity index (χ0v) is 41.8. The maximum atomic E-state index is 9.24. The standard InChI is InChI=1S/C62H50N4OSi.Pt/c1-62(2,3)46-35-36-63-60(40-46)66-56-30-11-10-27-54(56)55-34-33-49(42-59(55)66)67-48-23-17-22-47(41-48)64-43-65(58-32-13-12-31-57(58)64)61-52(44-19-6-4-7-20-44)28-18-29-53(61)45-21-16-26-51(39-45)68(37-14-15-38-68)50-24-8-5-9-25-50;/h4-13,16-36,39-40H,14-15,37-38H2,1-3H3;/q-2;/i4D,6D,7D,19D,20D;. The summed E-state index contributed by atoms with van der Waals surface area (Å²) in [5, 5.41) is 4.93. The molecule has 5 nitrogen and oxygen atoms in total. The molecule has 0 bridgehead atoms. The summed E-state index contributed by atoms with van der Waals surface area (Å²) < 4.78 is 57.2. The van der Waals surface area contributed by atoms with Gasteiger partial charge in [0.15, 0.2) is 0 Å². The van der Waals surface area contributed by atoms with E-state index in [1.165, 1.54) is 40.9 Å². The fourth-order valence-corrected chi connectivity index (χ4v) is 15.5. The van der Waals surface area contributed by atoms with Crippen LogP contribution in [0.5, 0.6) is 11.5 Å². The van der Waals surface area contributed by atoms with Crippen molar-refractivity contribution in [2.75, 3.05) is 0 Å². The minimum atomic E-state index is -2.10. The fraction of sp³-hybridized carbons (Fsp3) is 0.129. The van der Waals surface area contributed by atoms with E-state index in [2.05, 4.69) is 135 Å². The molecule has 1 fully saturated rings. The quantitative estimate of drug-likeness (QED) is 0.0820. The summed E-state index contributed by atoms with van der Waals surface area (Å²) >= 11 is 0. The molecule has 8 aromatic carbocycles. The topological polar surface area (TPSA) is 35.9 Å². The third-order valence-electron chi connectivity index (χ3n) is 13.7. The number of imidazole rings is 1. The first-order valence-corrected chi connectivity index (χ1v) is 25.8. The van der Waals surface area contributed by atoms with Gasteiger partial charge in [0, 0.05) is 44.3 Å². The van der Waals surface area contributed by atoms with Gasteiger partial charge in [0.25, 0.3) is 6.33 Å². The summed E-state index contributed by atoms with van der Waals surface area (Å²) in [6.07, 6.45) is 7.94. The van der Waals surface area contributed by atoms with Crippen molar-refractivity contribution in [3.05, 3.63) is 224 Å². The molecule has 0 saturated carbocycles. The van der Waals surface area contributed by atoms with Crippen molar-refractivity contribution in [1.29, 1.82) is 0 Å². The van der Waals surface area contributed by atoms with E-state index >= 15 is 0 Å². The van der Waals surface area contributed by atoms with Crippen LogP contribution in [0.2, 0.25) is 12.1 Å². The molecule has 0 radical (unpaired) electrons. The Hall–Kier alpha value is -7.11. The molecule has 11 aromatic rings. The van der Waals surface area contributed by atoms with Crippen molar-refractivity contribution in [3.63, 3.8) is 0 Å². The minimum Gasteiger partial charge on any atom is -0.510 e. The van der Waals surface area contributed by atoms with Gasteiger partial charge in [-0.3, -0.25) is 4.57 Å². The Kier molecular flexibility index (Phi) is 10.2. The Bertz CT molecular complexity index is 3940. The van der Waals surface area contributed by atoms with Gasteiger partial charge < -0.3 is 13.9 Å². The summed E-state index contributed by atoms with van der Waals surface area (Å²) in [4.78, 5) is 4.85. The average Bonchev–Trinajstić information content (AvgIpc) is 4.16. The van der Waals surface area contributed by atoms with Crippen molar-refractivity contribution >= 4 is 51.3 Å². The van der Waals surface area contributed by atoms with Crippen LogP contribution in [0.15, 0.2) is 200 Å². The number of fused-ring (bicyclic) bond motifs is 4. The monoisotopic (exact) mass is 1090 g/mol. The van der Waals surface area contributed by atoms with Gasteiger partial charge in [-0.25, -0.2) is 4.98 Å². The number of ether oxygens (including phenoxy) is 1. The predicted octanol–water partition coefficient (Wildman–Crippen LogP) is 13.6. The van der Waals surface area contributed by atoms with Crippen LogP contribution in [0, 0.1) is 18.5 Å².